The Morgan fingerprint density at radius 3 is 2.47 bits per heavy atom. The van der Waals surface area contributed by atoms with Crippen molar-refractivity contribution < 1.29 is 29.3 Å². The lowest BCUT2D eigenvalue weighted by atomic mass is 10.1. The first-order valence-electron chi connectivity index (χ1n) is 10.3. The molecule has 0 unspecified atom stereocenters. The molecule has 1 aromatic heterocycles. The Hall–Kier alpha value is -3.56. The fourth-order valence-corrected chi connectivity index (χ4v) is 3.75. The number of aliphatic hydroxyl groups excluding tert-OH is 1. The number of amides is 1. The quantitative estimate of drug-likeness (QED) is 0.525. The molecule has 0 aliphatic carbocycles. The van der Waals surface area contributed by atoms with Gasteiger partial charge in [-0.3, -0.25) is 14.5 Å². The molecule has 4 rings (SSSR count). The Morgan fingerprint density at radius 2 is 1.78 bits per heavy atom. The average molecular weight is 440 g/mol. The number of aromatic hydroxyl groups is 2. The molecule has 2 heterocycles. The van der Waals surface area contributed by atoms with Crippen LogP contribution in [0.4, 0.5) is 0 Å². The van der Waals surface area contributed by atoms with Crippen LogP contribution in [0.15, 0.2) is 51.7 Å². The molecule has 2 aromatic carbocycles. The molecule has 9 nitrogen and oxygen atoms in total. The van der Waals surface area contributed by atoms with E-state index in [1.54, 1.807) is 29.2 Å². The van der Waals surface area contributed by atoms with E-state index in [1.165, 1.54) is 12.1 Å². The van der Waals surface area contributed by atoms with Crippen molar-refractivity contribution >= 4 is 16.9 Å². The third kappa shape index (κ3) is 4.39. The second kappa shape index (κ2) is 9.29. The van der Waals surface area contributed by atoms with E-state index in [4.69, 9.17) is 14.3 Å². The minimum atomic E-state index is -0.575. The SMILES string of the molecule is O=C(COc1c(O)cc2oc(-c3ccccc3)cc(=O)c2c1O)N1CCN(CCO)CC1. The summed E-state index contributed by atoms with van der Waals surface area (Å²) in [5.41, 5.74) is 0.180. The van der Waals surface area contributed by atoms with Gasteiger partial charge in [0.2, 0.25) is 5.75 Å². The van der Waals surface area contributed by atoms with Crippen LogP contribution in [0, 0.1) is 0 Å². The van der Waals surface area contributed by atoms with E-state index in [0.717, 1.165) is 0 Å². The highest BCUT2D eigenvalue weighted by Gasteiger charge is 2.24. The summed E-state index contributed by atoms with van der Waals surface area (Å²) in [5.74, 6) is -1.37. The lowest BCUT2D eigenvalue weighted by molar-refractivity contribution is -0.135. The lowest BCUT2D eigenvalue weighted by Crippen LogP contribution is -2.50. The summed E-state index contributed by atoms with van der Waals surface area (Å²) < 4.78 is 11.1. The molecule has 0 atom stereocenters. The minimum absolute atomic E-state index is 0.00466. The predicted octanol–water partition coefficient (Wildman–Crippen LogP) is 1.39. The number of carbonyl (C=O) groups excluding carboxylic acids is 1. The predicted molar refractivity (Wildman–Crippen MR) is 117 cm³/mol. The number of aliphatic hydroxyl groups is 1. The van der Waals surface area contributed by atoms with Crippen molar-refractivity contribution in [3.8, 4) is 28.6 Å². The van der Waals surface area contributed by atoms with Crippen molar-refractivity contribution in [2.45, 2.75) is 0 Å². The Labute approximate surface area is 183 Å². The molecule has 1 aliphatic rings. The van der Waals surface area contributed by atoms with Crippen molar-refractivity contribution in [3.05, 3.63) is 52.7 Å². The molecule has 32 heavy (non-hydrogen) atoms. The first-order chi connectivity index (χ1) is 15.5. The molecule has 1 saturated heterocycles. The van der Waals surface area contributed by atoms with Crippen molar-refractivity contribution in [3.63, 3.8) is 0 Å². The number of ether oxygens (including phenoxy) is 1. The maximum Gasteiger partial charge on any atom is 0.260 e. The van der Waals surface area contributed by atoms with Crippen LogP contribution < -0.4 is 10.2 Å². The number of carbonyl (C=O) groups is 1. The number of fused-ring (bicyclic) bond motifs is 1. The van der Waals surface area contributed by atoms with Crippen molar-refractivity contribution in [2.24, 2.45) is 0 Å². The number of hydrogen-bond donors (Lipinski definition) is 3. The largest absolute Gasteiger partial charge is 0.504 e. The number of hydrogen-bond acceptors (Lipinski definition) is 8. The van der Waals surface area contributed by atoms with Gasteiger partial charge >= 0.3 is 0 Å². The van der Waals surface area contributed by atoms with Crippen LogP contribution in [0.1, 0.15) is 0 Å². The smallest absolute Gasteiger partial charge is 0.260 e. The van der Waals surface area contributed by atoms with Gasteiger partial charge in [0.1, 0.15) is 16.7 Å². The van der Waals surface area contributed by atoms with Crippen LogP contribution in [0.5, 0.6) is 17.2 Å². The summed E-state index contributed by atoms with van der Waals surface area (Å²) >= 11 is 0. The van der Waals surface area contributed by atoms with Gasteiger partial charge in [0.05, 0.1) is 6.61 Å². The second-order valence-electron chi connectivity index (χ2n) is 7.52. The van der Waals surface area contributed by atoms with Gasteiger partial charge < -0.3 is 29.4 Å². The maximum atomic E-state index is 12.7. The molecule has 0 saturated carbocycles. The van der Waals surface area contributed by atoms with Crippen LogP contribution in [0.2, 0.25) is 0 Å². The third-order valence-electron chi connectivity index (χ3n) is 5.47. The Morgan fingerprint density at radius 1 is 1.06 bits per heavy atom. The highest BCUT2D eigenvalue weighted by molar-refractivity contribution is 5.89. The average Bonchev–Trinajstić information content (AvgIpc) is 2.79. The molecule has 1 fully saturated rings. The van der Waals surface area contributed by atoms with E-state index >= 15 is 0 Å². The van der Waals surface area contributed by atoms with Gasteiger partial charge in [-0.25, -0.2) is 0 Å². The molecule has 0 bridgehead atoms. The van der Waals surface area contributed by atoms with Crippen molar-refractivity contribution in [1.82, 2.24) is 9.80 Å². The Bertz CT molecular complexity index is 1170. The zero-order valence-electron chi connectivity index (χ0n) is 17.4. The monoisotopic (exact) mass is 440 g/mol. The van der Waals surface area contributed by atoms with Crippen LogP contribution in [0.25, 0.3) is 22.3 Å². The summed E-state index contributed by atoms with van der Waals surface area (Å²) in [5, 5.41) is 29.8. The summed E-state index contributed by atoms with van der Waals surface area (Å²) in [7, 11) is 0. The number of benzene rings is 2. The number of phenols is 2. The van der Waals surface area contributed by atoms with Gasteiger partial charge in [-0.05, 0) is 0 Å². The molecule has 1 amide bonds. The Balaban J connectivity index is 1.53. The van der Waals surface area contributed by atoms with Crippen LogP contribution in [-0.2, 0) is 4.79 Å². The van der Waals surface area contributed by atoms with E-state index in [1.807, 2.05) is 6.07 Å². The zero-order valence-corrected chi connectivity index (χ0v) is 17.4. The molecule has 0 spiro atoms. The summed E-state index contributed by atoms with van der Waals surface area (Å²) in [6, 6.07) is 11.4. The van der Waals surface area contributed by atoms with Gasteiger partial charge in [0, 0.05) is 50.4 Å². The van der Waals surface area contributed by atoms with Crippen LogP contribution >= 0.6 is 0 Å². The molecule has 3 N–H and O–H groups in total. The molecule has 1 aliphatic heterocycles. The van der Waals surface area contributed by atoms with E-state index < -0.39 is 23.5 Å². The highest BCUT2D eigenvalue weighted by atomic mass is 16.5. The molecule has 3 aromatic rings. The fraction of sp³-hybridized carbons (Fsp3) is 0.304. The number of piperazine rings is 1. The first kappa shape index (κ1) is 21.7. The maximum absolute atomic E-state index is 12.7. The number of rotatable bonds is 6. The summed E-state index contributed by atoms with van der Waals surface area (Å²) in [6.45, 7) is 2.49. The minimum Gasteiger partial charge on any atom is -0.504 e. The molecular formula is C23H24N2O7. The number of β-amino-alcohol motifs (C(OH)–C–C–N with tert-alkyl or cyclic N) is 1. The van der Waals surface area contributed by atoms with Crippen LogP contribution in [0.3, 0.4) is 0 Å². The second-order valence-corrected chi connectivity index (χ2v) is 7.52. The van der Waals surface area contributed by atoms with E-state index in [2.05, 4.69) is 4.90 Å². The molecule has 0 radical (unpaired) electrons. The molecule has 168 valence electrons. The normalized spacial score (nSPS) is 14.6. The Kier molecular flexibility index (Phi) is 6.29. The number of nitrogens with zero attached hydrogens (tertiary/aromatic N) is 2. The van der Waals surface area contributed by atoms with Crippen LogP contribution in [-0.4, -0.2) is 77.0 Å². The third-order valence-corrected chi connectivity index (χ3v) is 5.47. The summed E-state index contributed by atoms with van der Waals surface area (Å²) in [6.07, 6.45) is 0. The van der Waals surface area contributed by atoms with Crippen molar-refractivity contribution in [2.75, 3.05) is 45.9 Å². The van der Waals surface area contributed by atoms with E-state index in [-0.39, 0.29) is 29.2 Å². The van der Waals surface area contributed by atoms with E-state index in [0.29, 0.717) is 44.0 Å². The van der Waals surface area contributed by atoms with Gasteiger partial charge in [0.15, 0.2) is 23.5 Å². The lowest BCUT2D eigenvalue weighted by Gasteiger charge is -2.34. The summed E-state index contributed by atoms with van der Waals surface area (Å²) in [4.78, 5) is 28.8. The van der Waals surface area contributed by atoms with Gasteiger partial charge in [-0.2, -0.15) is 0 Å². The van der Waals surface area contributed by atoms with Gasteiger partial charge in [0.25, 0.3) is 5.91 Å². The van der Waals surface area contributed by atoms with Gasteiger partial charge in [-0.1, -0.05) is 30.3 Å². The molecule has 9 heteroatoms. The van der Waals surface area contributed by atoms with Gasteiger partial charge in [-0.15, -0.1) is 0 Å². The zero-order chi connectivity index (χ0) is 22.7. The topological polar surface area (TPSA) is 124 Å². The first-order valence-corrected chi connectivity index (χ1v) is 10.3. The van der Waals surface area contributed by atoms with Crippen molar-refractivity contribution in [1.29, 1.82) is 0 Å². The molecular weight excluding hydrogens is 416 g/mol. The fourth-order valence-electron chi connectivity index (χ4n) is 3.75. The standard InChI is InChI=1S/C23H24N2O7/c26-11-10-24-6-8-25(9-7-24)20(29)14-31-23-17(28)13-19-21(22(23)30)16(27)12-18(32-19)15-4-2-1-3-5-15/h1-5,12-13,26,28,30H,6-11,14H2. The highest BCUT2D eigenvalue weighted by Crippen LogP contribution is 2.41. The van der Waals surface area contributed by atoms with E-state index in [9.17, 15) is 19.8 Å². The number of phenolic OH excluding ortho intramolecular Hbond substituents is 2.